The maximum atomic E-state index is 6.82. The van der Waals surface area contributed by atoms with Crippen molar-refractivity contribution in [2.24, 2.45) is 0 Å². The minimum Gasteiger partial charge on any atom is -0.455 e. The molecule has 0 atom stereocenters. The molecule has 0 unspecified atom stereocenters. The SMILES string of the molecule is c1ccc(-c2ccc(N(c3ccc(-c4ccccc4)cc3)c3cc4ccccc4c4oc5cc(-c6nc7ccccc7o6)ccc5c34)cc2)cc1. The summed E-state index contributed by atoms with van der Waals surface area (Å²) in [6.07, 6.45) is 0. The van der Waals surface area contributed by atoms with Crippen LogP contribution in [0.25, 0.3) is 77.5 Å². The number of anilines is 3. The molecule has 4 heteroatoms. The van der Waals surface area contributed by atoms with Crippen LogP contribution in [0.2, 0.25) is 0 Å². The van der Waals surface area contributed by atoms with E-state index in [-0.39, 0.29) is 0 Å². The van der Waals surface area contributed by atoms with Crippen molar-refractivity contribution in [1.82, 2.24) is 4.98 Å². The van der Waals surface area contributed by atoms with E-state index in [1.54, 1.807) is 0 Å². The first-order valence-corrected chi connectivity index (χ1v) is 17.1. The average molecular weight is 655 g/mol. The third-order valence-electron chi connectivity index (χ3n) is 9.69. The highest BCUT2D eigenvalue weighted by molar-refractivity contribution is 6.22. The van der Waals surface area contributed by atoms with E-state index in [0.29, 0.717) is 5.89 Å². The molecule has 240 valence electrons. The van der Waals surface area contributed by atoms with Crippen LogP contribution in [-0.2, 0) is 0 Å². The van der Waals surface area contributed by atoms with Crippen LogP contribution in [0.3, 0.4) is 0 Å². The molecule has 0 aliphatic heterocycles. The largest absolute Gasteiger partial charge is 0.455 e. The number of furan rings is 1. The van der Waals surface area contributed by atoms with Crippen molar-refractivity contribution in [3.05, 3.63) is 182 Å². The molecule has 0 N–H and O–H groups in total. The van der Waals surface area contributed by atoms with Crippen molar-refractivity contribution in [2.75, 3.05) is 4.90 Å². The zero-order chi connectivity index (χ0) is 33.7. The van der Waals surface area contributed by atoms with Gasteiger partial charge in [-0.1, -0.05) is 121 Å². The molecule has 0 saturated heterocycles. The van der Waals surface area contributed by atoms with Crippen LogP contribution in [0.1, 0.15) is 0 Å². The summed E-state index contributed by atoms with van der Waals surface area (Å²) < 4.78 is 13.0. The van der Waals surface area contributed by atoms with Crippen LogP contribution in [-0.4, -0.2) is 4.98 Å². The van der Waals surface area contributed by atoms with Crippen LogP contribution in [0.4, 0.5) is 17.1 Å². The van der Waals surface area contributed by atoms with Gasteiger partial charge < -0.3 is 13.7 Å². The lowest BCUT2D eigenvalue weighted by Crippen LogP contribution is -2.10. The molecule has 4 nitrogen and oxygen atoms in total. The Morgan fingerprint density at radius 1 is 0.412 bits per heavy atom. The molecule has 51 heavy (non-hydrogen) atoms. The number of benzene rings is 8. The van der Waals surface area contributed by atoms with E-state index >= 15 is 0 Å². The van der Waals surface area contributed by atoms with Gasteiger partial charge in [-0.25, -0.2) is 4.98 Å². The third kappa shape index (κ3) is 5.04. The van der Waals surface area contributed by atoms with E-state index < -0.39 is 0 Å². The topological polar surface area (TPSA) is 42.4 Å². The predicted octanol–water partition coefficient (Wildman–Crippen LogP) is 13.4. The van der Waals surface area contributed by atoms with Gasteiger partial charge in [-0.05, 0) is 88.3 Å². The fraction of sp³-hybridized carbons (Fsp3) is 0. The monoisotopic (exact) mass is 654 g/mol. The first-order chi connectivity index (χ1) is 25.3. The van der Waals surface area contributed by atoms with Crippen molar-refractivity contribution < 1.29 is 8.83 Å². The molecule has 10 aromatic rings. The zero-order valence-corrected chi connectivity index (χ0v) is 27.5. The van der Waals surface area contributed by atoms with Crippen molar-refractivity contribution >= 4 is 60.9 Å². The maximum Gasteiger partial charge on any atom is 0.227 e. The molecule has 2 aromatic heterocycles. The molecule has 8 aromatic carbocycles. The Labute approximate surface area is 294 Å². The highest BCUT2D eigenvalue weighted by Crippen LogP contribution is 2.47. The minimum absolute atomic E-state index is 0.572. The summed E-state index contributed by atoms with van der Waals surface area (Å²) in [5, 5.41) is 4.24. The van der Waals surface area contributed by atoms with E-state index in [1.165, 1.54) is 22.3 Å². The van der Waals surface area contributed by atoms with Gasteiger partial charge in [-0.3, -0.25) is 0 Å². The van der Waals surface area contributed by atoms with E-state index in [4.69, 9.17) is 13.8 Å². The molecule has 0 amide bonds. The predicted molar refractivity (Wildman–Crippen MR) is 210 cm³/mol. The summed E-state index contributed by atoms with van der Waals surface area (Å²) in [7, 11) is 0. The smallest absolute Gasteiger partial charge is 0.227 e. The highest BCUT2D eigenvalue weighted by Gasteiger charge is 2.23. The Balaban J connectivity index is 1.19. The molecule has 0 saturated carbocycles. The van der Waals surface area contributed by atoms with Gasteiger partial charge >= 0.3 is 0 Å². The Morgan fingerprint density at radius 3 is 1.65 bits per heavy atom. The van der Waals surface area contributed by atoms with Gasteiger partial charge in [-0.15, -0.1) is 0 Å². The average Bonchev–Trinajstić information content (AvgIpc) is 3.82. The van der Waals surface area contributed by atoms with E-state index in [9.17, 15) is 0 Å². The van der Waals surface area contributed by atoms with E-state index in [0.717, 1.165) is 66.4 Å². The summed E-state index contributed by atoms with van der Waals surface area (Å²) in [4.78, 5) is 7.11. The zero-order valence-electron chi connectivity index (χ0n) is 27.5. The number of hydrogen-bond acceptors (Lipinski definition) is 4. The second kappa shape index (κ2) is 11.9. The summed E-state index contributed by atoms with van der Waals surface area (Å²) in [5.41, 5.74) is 11.9. The second-order valence-electron chi connectivity index (χ2n) is 12.8. The van der Waals surface area contributed by atoms with Crippen molar-refractivity contribution in [3.8, 4) is 33.7 Å². The third-order valence-corrected chi connectivity index (χ3v) is 9.69. The van der Waals surface area contributed by atoms with Gasteiger partial charge in [0.2, 0.25) is 5.89 Å². The Kier molecular flexibility index (Phi) is 6.78. The molecule has 0 bridgehead atoms. The Hall–Kier alpha value is -6.91. The van der Waals surface area contributed by atoms with Gasteiger partial charge in [0.1, 0.15) is 16.7 Å². The quantitative estimate of drug-likeness (QED) is 0.179. The lowest BCUT2D eigenvalue weighted by molar-refractivity contribution is 0.619. The van der Waals surface area contributed by atoms with Gasteiger partial charge in [0.25, 0.3) is 0 Å². The second-order valence-corrected chi connectivity index (χ2v) is 12.8. The molecule has 0 aliphatic carbocycles. The standard InChI is InChI=1S/C47H30N2O2/c1-3-11-31(12-4-1)33-19-24-37(25-20-33)49(38-26-21-34(22-27-38)32-13-5-2-6-14-32)42-29-35-15-7-8-16-39(35)46-45(42)40-28-23-36(30-44(40)50-46)47-48-41-17-9-10-18-43(41)51-47/h1-30H. The van der Waals surface area contributed by atoms with Crippen molar-refractivity contribution in [3.63, 3.8) is 0 Å². The Morgan fingerprint density at radius 2 is 0.980 bits per heavy atom. The minimum atomic E-state index is 0.572. The molecular weight excluding hydrogens is 625 g/mol. The maximum absolute atomic E-state index is 6.82. The molecule has 0 spiro atoms. The summed E-state index contributed by atoms with van der Waals surface area (Å²) >= 11 is 0. The van der Waals surface area contributed by atoms with Crippen LogP contribution in [0.15, 0.2) is 191 Å². The number of nitrogens with zero attached hydrogens (tertiary/aromatic N) is 2. The van der Waals surface area contributed by atoms with Crippen LogP contribution >= 0.6 is 0 Å². The van der Waals surface area contributed by atoms with E-state index in [1.807, 2.05) is 30.3 Å². The lowest BCUT2D eigenvalue weighted by atomic mass is 10.00. The van der Waals surface area contributed by atoms with Crippen LogP contribution < -0.4 is 4.90 Å². The van der Waals surface area contributed by atoms with Crippen LogP contribution in [0.5, 0.6) is 0 Å². The summed E-state index contributed by atoms with van der Waals surface area (Å²) in [6.45, 7) is 0. The number of aromatic nitrogens is 1. The van der Waals surface area contributed by atoms with Crippen LogP contribution in [0, 0.1) is 0 Å². The molecule has 0 fully saturated rings. The fourth-order valence-corrected chi connectivity index (χ4v) is 7.19. The molecule has 0 aliphatic rings. The van der Waals surface area contributed by atoms with E-state index in [2.05, 4.69) is 157 Å². The Bertz CT molecular complexity index is 2720. The highest BCUT2D eigenvalue weighted by atomic mass is 16.3. The van der Waals surface area contributed by atoms with Gasteiger partial charge in [-0.2, -0.15) is 0 Å². The van der Waals surface area contributed by atoms with Gasteiger partial charge in [0.15, 0.2) is 5.58 Å². The van der Waals surface area contributed by atoms with Crippen molar-refractivity contribution in [1.29, 1.82) is 0 Å². The number of para-hydroxylation sites is 2. The normalized spacial score (nSPS) is 11.5. The van der Waals surface area contributed by atoms with Crippen molar-refractivity contribution in [2.45, 2.75) is 0 Å². The molecule has 0 radical (unpaired) electrons. The summed E-state index contributed by atoms with van der Waals surface area (Å²) in [6, 6.07) is 63.5. The first kappa shape index (κ1) is 29.0. The van der Waals surface area contributed by atoms with Gasteiger partial charge in [0, 0.05) is 27.7 Å². The van der Waals surface area contributed by atoms with Gasteiger partial charge in [0.05, 0.1) is 11.1 Å². The summed E-state index contributed by atoms with van der Waals surface area (Å²) in [5.74, 6) is 0.572. The first-order valence-electron chi connectivity index (χ1n) is 17.1. The molecule has 2 heterocycles. The molecule has 10 rings (SSSR count). The lowest BCUT2D eigenvalue weighted by Gasteiger charge is -2.27. The number of rotatable bonds is 6. The molecular formula is C47H30N2O2. The fourth-order valence-electron chi connectivity index (χ4n) is 7.19. The number of oxazole rings is 1. The number of fused-ring (bicyclic) bond motifs is 6. The number of hydrogen-bond donors (Lipinski definition) is 0.